The molecule has 1 fully saturated rings. The first-order chi connectivity index (χ1) is 10.6. The highest BCUT2D eigenvalue weighted by Gasteiger charge is 2.14. The molecule has 1 saturated carbocycles. The minimum absolute atomic E-state index is 0.0201. The molecule has 1 aliphatic rings. The van der Waals surface area contributed by atoms with Crippen LogP contribution in [0, 0.1) is 5.92 Å². The number of carbonyl (C=O) groups excluding carboxylic acids is 1. The lowest BCUT2D eigenvalue weighted by atomic mass is 9.86. The minimum Gasteiger partial charge on any atom is -0.378 e. The SMILES string of the molecule is CN(C)c1ccc(/C=N\NC(=O)CCC2CCCCC2)cc1. The van der Waals surface area contributed by atoms with E-state index >= 15 is 0 Å². The predicted molar refractivity (Wildman–Crippen MR) is 92.3 cm³/mol. The number of hydrogen-bond acceptors (Lipinski definition) is 3. The number of nitrogens with zero attached hydrogens (tertiary/aromatic N) is 2. The number of amides is 1. The molecule has 120 valence electrons. The number of carbonyl (C=O) groups is 1. The van der Waals surface area contributed by atoms with Crippen molar-refractivity contribution in [3.8, 4) is 0 Å². The van der Waals surface area contributed by atoms with Gasteiger partial charge >= 0.3 is 0 Å². The standard InChI is InChI=1S/C18H27N3O/c1-21(2)17-11-8-16(9-12-17)14-19-20-18(22)13-10-15-6-4-3-5-7-15/h8-9,11-12,14-15H,3-7,10,13H2,1-2H3,(H,20,22)/b19-14-. The van der Waals surface area contributed by atoms with E-state index in [1.807, 2.05) is 43.3 Å². The van der Waals surface area contributed by atoms with Crippen LogP contribution in [0.3, 0.4) is 0 Å². The first-order valence-corrected chi connectivity index (χ1v) is 8.24. The lowest BCUT2D eigenvalue weighted by Gasteiger charge is -2.20. The second-order valence-corrected chi connectivity index (χ2v) is 6.32. The Kier molecular flexibility index (Phi) is 6.44. The van der Waals surface area contributed by atoms with Gasteiger partial charge in [-0.1, -0.05) is 44.2 Å². The van der Waals surface area contributed by atoms with Crippen molar-refractivity contribution in [1.29, 1.82) is 0 Å². The van der Waals surface area contributed by atoms with Crippen LogP contribution in [-0.4, -0.2) is 26.2 Å². The van der Waals surface area contributed by atoms with Gasteiger partial charge in [-0.05, 0) is 30.0 Å². The van der Waals surface area contributed by atoms with Gasteiger partial charge < -0.3 is 4.90 Å². The summed E-state index contributed by atoms with van der Waals surface area (Å²) in [6.45, 7) is 0. The normalized spacial score (nSPS) is 15.9. The fourth-order valence-corrected chi connectivity index (χ4v) is 2.90. The van der Waals surface area contributed by atoms with Crippen LogP contribution in [0.5, 0.6) is 0 Å². The van der Waals surface area contributed by atoms with Gasteiger partial charge in [0.1, 0.15) is 0 Å². The summed E-state index contributed by atoms with van der Waals surface area (Å²) >= 11 is 0. The molecule has 2 rings (SSSR count). The summed E-state index contributed by atoms with van der Waals surface area (Å²) in [7, 11) is 4.02. The van der Waals surface area contributed by atoms with E-state index < -0.39 is 0 Å². The molecule has 1 N–H and O–H groups in total. The number of hydrazone groups is 1. The highest BCUT2D eigenvalue weighted by atomic mass is 16.2. The van der Waals surface area contributed by atoms with Crippen LogP contribution < -0.4 is 10.3 Å². The Bertz CT molecular complexity index is 488. The quantitative estimate of drug-likeness (QED) is 0.645. The second-order valence-electron chi connectivity index (χ2n) is 6.32. The molecule has 0 radical (unpaired) electrons. The van der Waals surface area contributed by atoms with Crippen LogP contribution in [0.2, 0.25) is 0 Å². The third-order valence-corrected chi connectivity index (χ3v) is 4.32. The Morgan fingerprint density at radius 1 is 1.23 bits per heavy atom. The van der Waals surface area contributed by atoms with Crippen molar-refractivity contribution in [3.63, 3.8) is 0 Å². The van der Waals surface area contributed by atoms with Gasteiger partial charge in [0.25, 0.3) is 0 Å². The molecule has 0 bridgehead atoms. The Balaban J connectivity index is 1.70. The van der Waals surface area contributed by atoms with E-state index in [1.165, 1.54) is 32.1 Å². The summed E-state index contributed by atoms with van der Waals surface area (Å²) in [6.07, 6.45) is 9.86. The van der Waals surface area contributed by atoms with E-state index in [0.717, 1.165) is 23.6 Å². The maximum Gasteiger partial charge on any atom is 0.240 e. The minimum atomic E-state index is 0.0201. The molecule has 0 aliphatic heterocycles. The lowest BCUT2D eigenvalue weighted by Crippen LogP contribution is -2.19. The molecule has 4 nitrogen and oxygen atoms in total. The molecular formula is C18H27N3O. The number of anilines is 1. The van der Waals surface area contributed by atoms with Gasteiger partial charge in [-0.15, -0.1) is 0 Å². The Morgan fingerprint density at radius 2 is 1.91 bits per heavy atom. The first kappa shape index (κ1) is 16.5. The summed E-state index contributed by atoms with van der Waals surface area (Å²) in [5.41, 5.74) is 4.76. The predicted octanol–water partition coefficient (Wildman–Crippen LogP) is 3.56. The molecule has 0 unspecified atom stereocenters. The van der Waals surface area contributed by atoms with Crippen LogP contribution in [0.4, 0.5) is 5.69 Å². The van der Waals surface area contributed by atoms with Gasteiger partial charge in [-0.2, -0.15) is 5.10 Å². The first-order valence-electron chi connectivity index (χ1n) is 8.24. The Morgan fingerprint density at radius 3 is 2.55 bits per heavy atom. The summed E-state index contributed by atoms with van der Waals surface area (Å²) < 4.78 is 0. The molecule has 0 aromatic heterocycles. The summed E-state index contributed by atoms with van der Waals surface area (Å²) in [5, 5.41) is 4.04. The van der Waals surface area contributed by atoms with Gasteiger partial charge in [-0.25, -0.2) is 5.43 Å². The van der Waals surface area contributed by atoms with Crippen LogP contribution in [-0.2, 0) is 4.79 Å². The monoisotopic (exact) mass is 301 g/mol. The van der Waals surface area contributed by atoms with Crippen molar-refractivity contribution in [2.75, 3.05) is 19.0 Å². The van der Waals surface area contributed by atoms with Gasteiger partial charge in [0, 0.05) is 26.2 Å². The second kappa shape index (κ2) is 8.57. The van der Waals surface area contributed by atoms with E-state index in [0.29, 0.717) is 6.42 Å². The molecule has 0 spiro atoms. The van der Waals surface area contributed by atoms with E-state index in [-0.39, 0.29) is 5.91 Å². The molecule has 0 heterocycles. The molecule has 1 amide bonds. The van der Waals surface area contributed by atoms with Crippen molar-refractivity contribution in [1.82, 2.24) is 5.43 Å². The zero-order chi connectivity index (χ0) is 15.8. The Hall–Kier alpha value is -1.84. The van der Waals surface area contributed by atoms with Crippen molar-refractivity contribution >= 4 is 17.8 Å². The highest BCUT2D eigenvalue weighted by molar-refractivity contribution is 5.82. The maximum absolute atomic E-state index is 11.8. The van der Waals surface area contributed by atoms with E-state index in [1.54, 1.807) is 6.21 Å². The molecule has 22 heavy (non-hydrogen) atoms. The molecule has 0 saturated heterocycles. The van der Waals surface area contributed by atoms with Gasteiger partial charge in [0.15, 0.2) is 0 Å². The van der Waals surface area contributed by atoms with Crippen LogP contribution in [0.15, 0.2) is 29.4 Å². The molecule has 1 aromatic carbocycles. The van der Waals surface area contributed by atoms with E-state index in [4.69, 9.17) is 0 Å². The zero-order valence-corrected chi connectivity index (χ0v) is 13.7. The molecular weight excluding hydrogens is 274 g/mol. The van der Waals surface area contributed by atoms with E-state index in [9.17, 15) is 4.79 Å². The molecule has 4 heteroatoms. The Labute approximate surface area is 133 Å². The molecule has 1 aromatic rings. The number of nitrogens with one attached hydrogen (secondary N) is 1. The fourth-order valence-electron chi connectivity index (χ4n) is 2.90. The average molecular weight is 301 g/mol. The lowest BCUT2D eigenvalue weighted by molar-refractivity contribution is -0.121. The largest absolute Gasteiger partial charge is 0.378 e. The third-order valence-electron chi connectivity index (χ3n) is 4.32. The van der Waals surface area contributed by atoms with Crippen molar-refractivity contribution in [2.24, 2.45) is 11.0 Å². The van der Waals surface area contributed by atoms with Gasteiger partial charge in [0.2, 0.25) is 5.91 Å². The van der Waals surface area contributed by atoms with Crippen LogP contribution in [0.1, 0.15) is 50.5 Å². The fraction of sp³-hybridized carbons (Fsp3) is 0.556. The zero-order valence-electron chi connectivity index (χ0n) is 13.7. The third kappa shape index (κ3) is 5.51. The van der Waals surface area contributed by atoms with Crippen molar-refractivity contribution < 1.29 is 4.79 Å². The molecule has 1 aliphatic carbocycles. The number of hydrogen-bond donors (Lipinski definition) is 1. The number of rotatable bonds is 6. The smallest absolute Gasteiger partial charge is 0.240 e. The van der Waals surface area contributed by atoms with Crippen molar-refractivity contribution in [3.05, 3.63) is 29.8 Å². The highest BCUT2D eigenvalue weighted by Crippen LogP contribution is 2.27. The topological polar surface area (TPSA) is 44.7 Å². The molecule has 0 atom stereocenters. The summed E-state index contributed by atoms with van der Waals surface area (Å²) in [5.74, 6) is 0.758. The van der Waals surface area contributed by atoms with Crippen LogP contribution in [0.25, 0.3) is 0 Å². The maximum atomic E-state index is 11.8. The van der Waals surface area contributed by atoms with Gasteiger partial charge in [0.05, 0.1) is 6.21 Å². The van der Waals surface area contributed by atoms with Crippen LogP contribution >= 0.6 is 0 Å². The average Bonchev–Trinajstić information content (AvgIpc) is 2.54. The summed E-state index contributed by atoms with van der Waals surface area (Å²) in [4.78, 5) is 13.8. The van der Waals surface area contributed by atoms with E-state index in [2.05, 4.69) is 10.5 Å². The summed E-state index contributed by atoms with van der Waals surface area (Å²) in [6, 6.07) is 8.05. The van der Waals surface area contributed by atoms with Crippen molar-refractivity contribution in [2.45, 2.75) is 44.9 Å². The van der Waals surface area contributed by atoms with Gasteiger partial charge in [-0.3, -0.25) is 4.79 Å². The number of benzene rings is 1.